The highest BCUT2D eigenvalue weighted by atomic mass is 16.2. The van der Waals surface area contributed by atoms with Crippen molar-refractivity contribution in [2.24, 2.45) is 5.41 Å². The lowest BCUT2D eigenvalue weighted by Crippen LogP contribution is -2.25. The van der Waals surface area contributed by atoms with Crippen molar-refractivity contribution < 1.29 is 9.59 Å². The average Bonchev–Trinajstić information content (AvgIpc) is 2.56. The van der Waals surface area contributed by atoms with Crippen LogP contribution in [-0.2, 0) is 9.59 Å². The van der Waals surface area contributed by atoms with Crippen LogP contribution < -0.4 is 0 Å². The third-order valence-electron chi connectivity index (χ3n) is 3.13. The molecule has 2 rings (SSSR count). The van der Waals surface area contributed by atoms with Gasteiger partial charge >= 0.3 is 0 Å². The summed E-state index contributed by atoms with van der Waals surface area (Å²) in [5, 5.41) is 0. The van der Waals surface area contributed by atoms with Crippen LogP contribution >= 0.6 is 0 Å². The highest BCUT2D eigenvalue weighted by Crippen LogP contribution is 2.46. The zero-order valence-corrected chi connectivity index (χ0v) is 6.56. The quantitative estimate of drug-likeness (QED) is 0.493. The fourth-order valence-corrected chi connectivity index (χ4v) is 2.40. The van der Waals surface area contributed by atoms with Gasteiger partial charge in [-0.3, -0.25) is 9.59 Å². The van der Waals surface area contributed by atoms with Crippen LogP contribution in [0, 0.1) is 5.41 Å². The lowest BCUT2D eigenvalue weighted by molar-refractivity contribution is -0.138. The molecule has 0 heterocycles. The van der Waals surface area contributed by atoms with Crippen molar-refractivity contribution in [3.63, 3.8) is 0 Å². The Morgan fingerprint density at radius 2 is 1.64 bits per heavy atom. The summed E-state index contributed by atoms with van der Waals surface area (Å²) < 4.78 is 0. The number of carbonyl (C=O) groups excluding carboxylic acids is 2. The van der Waals surface area contributed by atoms with Gasteiger partial charge in [0, 0.05) is 11.8 Å². The zero-order valence-electron chi connectivity index (χ0n) is 6.56. The van der Waals surface area contributed by atoms with Crippen molar-refractivity contribution >= 4 is 11.6 Å². The van der Waals surface area contributed by atoms with E-state index in [0.717, 1.165) is 32.1 Å². The van der Waals surface area contributed by atoms with Crippen LogP contribution in [-0.4, -0.2) is 11.6 Å². The van der Waals surface area contributed by atoms with Crippen LogP contribution in [0.25, 0.3) is 0 Å². The van der Waals surface area contributed by atoms with Crippen molar-refractivity contribution in [3.8, 4) is 0 Å². The smallest absolute Gasteiger partial charge is 0.204 e. The Hall–Kier alpha value is -0.660. The summed E-state index contributed by atoms with van der Waals surface area (Å²) in [6, 6.07) is 0. The first kappa shape index (κ1) is 7.01. The monoisotopic (exact) mass is 152 g/mol. The van der Waals surface area contributed by atoms with Gasteiger partial charge < -0.3 is 0 Å². The lowest BCUT2D eigenvalue weighted by atomic mass is 9.84. The molecule has 0 bridgehead atoms. The van der Waals surface area contributed by atoms with E-state index in [9.17, 15) is 9.59 Å². The van der Waals surface area contributed by atoms with Crippen LogP contribution in [0.4, 0.5) is 0 Å². The van der Waals surface area contributed by atoms with Crippen LogP contribution in [0.15, 0.2) is 0 Å². The number of ketones is 2. The highest BCUT2D eigenvalue weighted by molar-refractivity contribution is 6.41. The summed E-state index contributed by atoms with van der Waals surface area (Å²) in [4.78, 5) is 22.4. The Bertz CT molecular complexity index is 212. The molecule has 2 nitrogen and oxygen atoms in total. The molecule has 0 aromatic heterocycles. The minimum atomic E-state index is -0.170. The molecule has 2 heteroatoms. The van der Waals surface area contributed by atoms with Gasteiger partial charge in [-0.2, -0.15) is 0 Å². The predicted molar refractivity (Wildman–Crippen MR) is 40.1 cm³/mol. The number of rotatable bonds is 0. The standard InChI is InChI=1S/C9H12O2/c10-7-3-6-9(8(7)11)4-1-2-5-9/h1-6H2. The third kappa shape index (κ3) is 0.849. The molecule has 0 atom stereocenters. The van der Waals surface area contributed by atoms with Crippen LogP contribution in [0.5, 0.6) is 0 Å². The highest BCUT2D eigenvalue weighted by Gasteiger charge is 2.48. The topological polar surface area (TPSA) is 34.1 Å². The molecule has 2 aliphatic rings. The molecule has 60 valence electrons. The van der Waals surface area contributed by atoms with E-state index in [1.807, 2.05) is 0 Å². The Morgan fingerprint density at radius 1 is 1.00 bits per heavy atom. The number of carbonyl (C=O) groups is 2. The maximum atomic E-state index is 11.4. The molecule has 2 fully saturated rings. The van der Waals surface area contributed by atoms with E-state index < -0.39 is 0 Å². The third-order valence-corrected chi connectivity index (χ3v) is 3.13. The molecule has 1 spiro atoms. The molecule has 2 saturated carbocycles. The van der Waals surface area contributed by atoms with Crippen molar-refractivity contribution in [3.05, 3.63) is 0 Å². The van der Waals surface area contributed by atoms with E-state index in [1.165, 1.54) is 0 Å². The van der Waals surface area contributed by atoms with Gasteiger partial charge in [-0.15, -0.1) is 0 Å². The molecular formula is C9H12O2. The van der Waals surface area contributed by atoms with Gasteiger partial charge in [-0.05, 0) is 19.3 Å². The second-order valence-corrected chi connectivity index (χ2v) is 3.74. The Labute approximate surface area is 66.0 Å². The first-order valence-corrected chi connectivity index (χ1v) is 4.32. The maximum Gasteiger partial charge on any atom is 0.204 e. The summed E-state index contributed by atoms with van der Waals surface area (Å²) in [5.74, 6) is -0.179. The molecule has 0 radical (unpaired) electrons. The Balaban J connectivity index is 2.26. The summed E-state index contributed by atoms with van der Waals surface area (Å²) >= 11 is 0. The van der Waals surface area contributed by atoms with Crippen LogP contribution in [0.2, 0.25) is 0 Å². The summed E-state index contributed by atoms with van der Waals surface area (Å²) in [6.45, 7) is 0. The van der Waals surface area contributed by atoms with E-state index in [2.05, 4.69) is 0 Å². The summed E-state index contributed by atoms with van der Waals surface area (Å²) in [6.07, 6.45) is 5.57. The van der Waals surface area contributed by atoms with Crippen molar-refractivity contribution in [2.75, 3.05) is 0 Å². The SMILES string of the molecule is O=C1CCC2(CCCC2)C1=O. The molecular weight excluding hydrogens is 140 g/mol. The fraction of sp³-hybridized carbons (Fsp3) is 0.778. The van der Waals surface area contributed by atoms with Gasteiger partial charge in [-0.25, -0.2) is 0 Å². The van der Waals surface area contributed by atoms with Crippen LogP contribution in [0.1, 0.15) is 38.5 Å². The molecule has 0 aliphatic heterocycles. The number of hydrogen-bond donors (Lipinski definition) is 0. The normalized spacial score (nSPS) is 28.7. The maximum absolute atomic E-state index is 11.4. The van der Waals surface area contributed by atoms with Gasteiger partial charge in [0.05, 0.1) is 0 Å². The van der Waals surface area contributed by atoms with E-state index in [4.69, 9.17) is 0 Å². The predicted octanol–water partition coefficient (Wildman–Crippen LogP) is 1.48. The molecule has 0 aromatic rings. The largest absolute Gasteiger partial charge is 0.291 e. The zero-order chi connectivity index (χ0) is 7.90. The second kappa shape index (κ2) is 2.16. The van der Waals surface area contributed by atoms with Crippen molar-refractivity contribution in [1.29, 1.82) is 0 Å². The van der Waals surface area contributed by atoms with Crippen molar-refractivity contribution in [1.82, 2.24) is 0 Å². The number of hydrogen-bond acceptors (Lipinski definition) is 2. The molecule has 0 aromatic carbocycles. The molecule has 0 saturated heterocycles. The molecule has 0 amide bonds. The van der Waals surface area contributed by atoms with E-state index in [1.54, 1.807) is 0 Å². The lowest BCUT2D eigenvalue weighted by Gasteiger charge is -2.17. The van der Waals surface area contributed by atoms with Crippen molar-refractivity contribution in [2.45, 2.75) is 38.5 Å². The fourth-order valence-electron chi connectivity index (χ4n) is 2.40. The van der Waals surface area contributed by atoms with Gasteiger partial charge in [0.25, 0.3) is 0 Å². The van der Waals surface area contributed by atoms with Gasteiger partial charge in [0.15, 0.2) is 5.78 Å². The van der Waals surface area contributed by atoms with Gasteiger partial charge in [0.1, 0.15) is 0 Å². The molecule has 0 N–H and O–H groups in total. The van der Waals surface area contributed by atoms with E-state index in [0.29, 0.717) is 6.42 Å². The Kier molecular flexibility index (Phi) is 1.38. The van der Waals surface area contributed by atoms with E-state index in [-0.39, 0.29) is 17.0 Å². The number of Topliss-reactive ketones (excluding diaryl/α,β-unsaturated/α-hetero) is 2. The second-order valence-electron chi connectivity index (χ2n) is 3.74. The molecule has 0 unspecified atom stereocenters. The van der Waals surface area contributed by atoms with Gasteiger partial charge in [0.2, 0.25) is 5.78 Å². The van der Waals surface area contributed by atoms with E-state index >= 15 is 0 Å². The minimum absolute atomic E-state index is 0.0602. The molecule has 2 aliphatic carbocycles. The first-order valence-electron chi connectivity index (χ1n) is 4.32. The summed E-state index contributed by atoms with van der Waals surface area (Å²) in [5.41, 5.74) is -0.170. The van der Waals surface area contributed by atoms with Crippen LogP contribution in [0.3, 0.4) is 0 Å². The summed E-state index contributed by atoms with van der Waals surface area (Å²) in [7, 11) is 0. The first-order chi connectivity index (χ1) is 5.25. The molecule has 11 heavy (non-hydrogen) atoms. The average molecular weight is 152 g/mol. The Morgan fingerprint density at radius 3 is 2.09 bits per heavy atom. The minimum Gasteiger partial charge on any atom is -0.291 e. The van der Waals surface area contributed by atoms with Gasteiger partial charge in [-0.1, -0.05) is 12.8 Å².